The largest absolute Gasteiger partial charge is 0.377 e. The lowest BCUT2D eigenvalue weighted by molar-refractivity contribution is 0.0771. The van der Waals surface area contributed by atoms with Crippen LogP contribution >= 0.6 is 11.8 Å². The van der Waals surface area contributed by atoms with Crippen LogP contribution in [-0.2, 0) is 9.47 Å². The van der Waals surface area contributed by atoms with Gasteiger partial charge in [-0.15, -0.1) is 11.8 Å². The summed E-state index contributed by atoms with van der Waals surface area (Å²) < 4.78 is 11.0. The van der Waals surface area contributed by atoms with Gasteiger partial charge < -0.3 is 9.47 Å². The monoisotopic (exact) mass is 146 g/mol. The molecule has 0 radical (unpaired) electrons. The molecule has 0 spiro atoms. The third-order valence-electron chi connectivity index (χ3n) is 2.00. The number of hydrogen-bond acceptors (Lipinski definition) is 3. The topological polar surface area (TPSA) is 18.5 Å². The number of ether oxygens (including phenoxy) is 2. The summed E-state index contributed by atoms with van der Waals surface area (Å²) in [4.78, 5) is 0. The van der Waals surface area contributed by atoms with Gasteiger partial charge in [0.2, 0.25) is 0 Å². The van der Waals surface area contributed by atoms with E-state index in [4.69, 9.17) is 9.47 Å². The molecule has 0 aromatic rings. The van der Waals surface area contributed by atoms with Crippen molar-refractivity contribution in [3.05, 3.63) is 0 Å². The summed E-state index contributed by atoms with van der Waals surface area (Å²) in [6, 6.07) is 0. The molecule has 52 valence electrons. The van der Waals surface area contributed by atoms with Crippen molar-refractivity contribution in [2.45, 2.75) is 17.8 Å². The van der Waals surface area contributed by atoms with Crippen molar-refractivity contribution in [1.29, 1.82) is 0 Å². The summed E-state index contributed by atoms with van der Waals surface area (Å²) >= 11 is 1.87. The van der Waals surface area contributed by atoms with E-state index in [9.17, 15) is 0 Å². The third-order valence-corrected chi connectivity index (χ3v) is 3.29. The molecule has 0 aliphatic carbocycles. The number of rotatable bonds is 0. The van der Waals surface area contributed by atoms with E-state index in [1.807, 2.05) is 11.8 Å². The zero-order valence-corrected chi connectivity index (χ0v) is 6.24. The smallest absolute Gasteiger partial charge is 0.0986 e. The molecule has 2 heterocycles. The van der Waals surface area contributed by atoms with Gasteiger partial charge in [-0.3, -0.25) is 0 Å². The highest BCUT2D eigenvalue weighted by Crippen LogP contribution is 2.41. The first-order chi connectivity index (χ1) is 4.31. The van der Waals surface area contributed by atoms with E-state index < -0.39 is 0 Å². The number of hydrogen-bond donors (Lipinski definition) is 0. The van der Waals surface area contributed by atoms with Crippen LogP contribution in [0.5, 0.6) is 0 Å². The van der Waals surface area contributed by atoms with Gasteiger partial charge in [-0.25, -0.2) is 0 Å². The fourth-order valence-electron chi connectivity index (χ4n) is 1.25. The highest BCUT2D eigenvalue weighted by Gasteiger charge is 2.45. The van der Waals surface area contributed by atoms with Gasteiger partial charge >= 0.3 is 0 Å². The maximum atomic E-state index is 5.42. The van der Waals surface area contributed by atoms with Crippen LogP contribution in [0, 0.1) is 0 Å². The maximum absolute atomic E-state index is 5.42. The van der Waals surface area contributed by atoms with Gasteiger partial charge in [-0.2, -0.15) is 0 Å². The quantitative estimate of drug-likeness (QED) is 0.505. The molecule has 0 N–H and O–H groups in total. The average molecular weight is 146 g/mol. The molecular weight excluding hydrogens is 136 g/mol. The van der Waals surface area contributed by atoms with Gasteiger partial charge in [-0.05, 0) is 6.92 Å². The van der Waals surface area contributed by atoms with Crippen LogP contribution in [0.1, 0.15) is 6.92 Å². The van der Waals surface area contributed by atoms with E-state index in [0.717, 1.165) is 19.2 Å². The zero-order chi connectivity index (χ0) is 6.32. The second kappa shape index (κ2) is 1.87. The van der Waals surface area contributed by atoms with E-state index in [-0.39, 0.29) is 4.75 Å². The lowest BCUT2D eigenvalue weighted by Gasteiger charge is -2.16. The highest BCUT2D eigenvalue weighted by molar-refractivity contribution is 8.00. The van der Waals surface area contributed by atoms with Crippen molar-refractivity contribution in [3.8, 4) is 0 Å². The molecule has 2 fully saturated rings. The van der Waals surface area contributed by atoms with Crippen molar-refractivity contribution >= 4 is 11.8 Å². The van der Waals surface area contributed by atoms with Gasteiger partial charge in [0.05, 0.1) is 30.0 Å². The Morgan fingerprint density at radius 1 is 1.67 bits per heavy atom. The lowest BCUT2D eigenvalue weighted by Crippen LogP contribution is -2.30. The Labute approximate surface area is 58.9 Å². The van der Waals surface area contributed by atoms with Gasteiger partial charge in [0.15, 0.2) is 0 Å². The molecule has 0 amide bonds. The predicted molar refractivity (Wildman–Crippen MR) is 36.6 cm³/mol. The molecule has 2 rings (SSSR count). The fourth-order valence-corrected chi connectivity index (χ4v) is 2.24. The third kappa shape index (κ3) is 0.791. The molecule has 2 aliphatic rings. The number of fused-ring (bicyclic) bond motifs is 1. The van der Waals surface area contributed by atoms with E-state index in [1.54, 1.807) is 0 Å². The molecular formula is C6H10O2S. The molecule has 2 unspecified atom stereocenters. The molecule has 0 aromatic heterocycles. The lowest BCUT2D eigenvalue weighted by atomic mass is 10.1. The summed E-state index contributed by atoms with van der Waals surface area (Å²) in [5.74, 6) is 0.852. The van der Waals surface area contributed by atoms with Crippen molar-refractivity contribution in [3.63, 3.8) is 0 Å². The second-order valence-corrected chi connectivity index (χ2v) is 4.20. The predicted octanol–water partition coefficient (Wildman–Crippen LogP) is 0.865. The second-order valence-electron chi connectivity index (χ2n) is 2.75. The Bertz CT molecular complexity index is 116. The zero-order valence-electron chi connectivity index (χ0n) is 5.42. The summed E-state index contributed by atoms with van der Waals surface area (Å²) in [6.07, 6.45) is 0.363. The highest BCUT2D eigenvalue weighted by atomic mass is 32.2. The van der Waals surface area contributed by atoms with E-state index >= 15 is 0 Å². The fraction of sp³-hybridized carbons (Fsp3) is 1.00. The average Bonchev–Trinajstić information content (AvgIpc) is 2.22. The van der Waals surface area contributed by atoms with Crippen LogP contribution in [0.3, 0.4) is 0 Å². The molecule has 3 heteroatoms. The molecule has 9 heavy (non-hydrogen) atoms. The Morgan fingerprint density at radius 3 is 3.33 bits per heavy atom. The normalized spacial score (nSPS) is 49.7. The summed E-state index contributed by atoms with van der Waals surface area (Å²) in [7, 11) is 0. The van der Waals surface area contributed by atoms with Gasteiger partial charge in [0.1, 0.15) is 0 Å². The van der Waals surface area contributed by atoms with Crippen LogP contribution in [0.15, 0.2) is 0 Å². The Balaban J connectivity index is 2.17. The molecule has 2 nitrogen and oxygen atoms in total. The van der Waals surface area contributed by atoms with Crippen LogP contribution < -0.4 is 0 Å². The minimum absolute atomic E-state index is 0.278. The van der Waals surface area contributed by atoms with Crippen LogP contribution in [0.4, 0.5) is 0 Å². The Hall–Kier alpha value is 0.270. The van der Waals surface area contributed by atoms with Crippen molar-refractivity contribution in [1.82, 2.24) is 0 Å². The SMILES string of the molecule is CC12COCC1OCS2. The maximum Gasteiger partial charge on any atom is 0.0986 e. The summed E-state index contributed by atoms with van der Waals surface area (Å²) in [5.41, 5.74) is 0. The molecule has 2 aliphatic heterocycles. The van der Waals surface area contributed by atoms with Crippen LogP contribution in [0.25, 0.3) is 0 Å². The molecule has 0 bridgehead atoms. The van der Waals surface area contributed by atoms with Gasteiger partial charge in [0.25, 0.3) is 0 Å². The summed E-state index contributed by atoms with van der Waals surface area (Å²) in [5, 5.41) is 0. The van der Waals surface area contributed by atoms with Crippen LogP contribution in [-0.4, -0.2) is 30.0 Å². The minimum atomic E-state index is 0.278. The Kier molecular flexibility index (Phi) is 1.25. The first kappa shape index (κ1) is 6.01. The molecule has 2 saturated heterocycles. The summed E-state index contributed by atoms with van der Waals surface area (Å²) in [6.45, 7) is 3.87. The van der Waals surface area contributed by atoms with E-state index in [0.29, 0.717) is 6.10 Å². The number of thioether (sulfide) groups is 1. The van der Waals surface area contributed by atoms with Crippen molar-refractivity contribution in [2.24, 2.45) is 0 Å². The van der Waals surface area contributed by atoms with Crippen LogP contribution in [0.2, 0.25) is 0 Å². The van der Waals surface area contributed by atoms with Gasteiger partial charge in [0, 0.05) is 0 Å². The standard InChI is InChI=1S/C6H10O2S/c1-6-3-7-2-5(6)8-4-9-6/h5H,2-4H2,1H3. The van der Waals surface area contributed by atoms with Crippen molar-refractivity contribution < 1.29 is 9.47 Å². The first-order valence-electron chi connectivity index (χ1n) is 3.15. The molecule has 2 atom stereocenters. The van der Waals surface area contributed by atoms with Crippen molar-refractivity contribution in [2.75, 3.05) is 19.2 Å². The van der Waals surface area contributed by atoms with Gasteiger partial charge in [-0.1, -0.05) is 0 Å². The van der Waals surface area contributed by atoms with E-state index in [1.165, 1.54) is 0 Å². The first-order valence-corrected chi connectivity index (χ1v) is 4.13. The Morgan fingerprint density at radius 2 is 2.56 bits per heavy atom. The minimum Gasteiger partial charge on any atom is -0.377 e. The molecule has 0 aromatic carbocycles. The molecule has 0 saturated carbocycles. The van der Waals surface area contributed by atoms with E-state index in [2.05, 4.69) is 6.92 Å².